The fourth-order valence-corrected chi connectivity index (χ4v) is 5.73. The number of benzene rings is 1. The molecule has 0 unspecified atom stereocenters. The number of carbonyl (C=O) groups is 2. The van der Waals surface area contributed by atoms with Crippen LogP contribution < -0.4 is 11.1 Å². The van der Waals surface area contributed by atoms with Crippen molar-refractivity contribution in [3.63, 3.8) is 0 Å². The van der Waals surface area contributed by atoms with Crippen LogP contribution in [0.1, 0.15) is 60.8 Å². The third kappa shape index (κ3) is 5.08. The Kier molecular flexibility index (Phi) is 7.14. The van der Waals surface area contributed by atoms with E-state index in [1.807, 2.05) is 13.8 Å². The van der Waals surface area contributed by atoms with E-state index >= 15 is 0 Å². The number of nitrogen functional groups attached to an aromatic ring is 1. The molecule has 0 bridgehead atoms. The van der Waals surface area contributed by atoms with Crippen molar-refractivity contribution in [1.29, 1.82) is 0 Å². The fraction of sp³-hybridized carbons (Fsp3) is 0.321. The second-order valence-corrected chi connectivity index (χ2v) is 10.9. The lowest BCUT2D eigenvalue weighted by molar-refractivity contribution is -0.151. The van der Waals surface area contributed by atoms with E-state index in [0.29, 0.717) is 41.9 Å². The Balaban J connectivity index is 1.48. The van der Waals surface area contributed by atoms with Gasteiger partial charge in [-0.2, -0.15) is 13.2 Å². The van der Waals surface area contributed by atoms with Gasteiger partial charge >= 0.3 is 12.1 Å². The predicted octanol–water partition coefficient (Wildman–Crippen LogP) is 6.29. The summed E-state index contributed by atoms with van der Waals surface area (Å²) >= 11 is 6.55. The number of carboxylic acids is 1. The monoisotopic (exact) mass is 586 g/mol. The van der Waals surface area contributed by atoms with Gasteiger partial charge in [0.1, 0.15) is 33.8 Å². The summed E-state index contributed by atoms with van der Waals surface area (Å²) in [5.41, 5.74) is 6.12. The summed E-state index contributed by atoms with van der Waals surface area (Å²) < 4.78 is 40.7. The molecule has 1 aliphatic carbocycles. The van der Waals surface area contributed by atoms with Crippen molar-refractivity contribution in [3.05, 3.63) is 70.9 Å². The maximum absolute atomic E-state index is 13.0. The summed E-state index contributed by atoms with van der Waals surface area (Å²) in [7, 11) is 0. The second kappa shape index (κ2) is 10.3. The summed E-state index contributed by atoms with van der Waals surface area (Å²) in [5, 5.41) is 12.7. The minimum atomic E-state index is -4.57. The fourth-order valence-electron chi connectivity index (χ4n) is 5.51. The molecule has 1 aliphatic rings. The lowest BCUT2D eigenvalue weighted by Gasteiger charge is -2.28. The van der Waals surface area contributed by atoms with Crippen LogP contribution >= 0.6 is 11.6 Å². The normalized spacial score (nSPS) is 19.1. The number of hydrogen-bond donors (Lipinski definition) is 3. The number of aliphatic carboxylic acids is 1. The van der Waals surface area contributed by atoms with Gasteiger partial charge in [0.15, 0.2) is 0 Å². The number of anilines is 2. The van der Waals surface area contributed by atoms with Crippen molar-refractivity contribution in [1.82, 2.24) is 19.4 Å². The van der Waals surface area contributed by atoms with Crippen LogP contribution in [0, 0.1) is 11.3 Å². The number of carboxylic acid groups (broad SMARTS) is 1. The highest BCUT2D eigenvalue weighted by Gasteiger charge is 2.49. The molecule has 0 spiro atoms. The number of pyridine rings is 1. The summed E-state index contributed by atoms with van der Waals surface area (Å²) in [6.07, 6.45) is -0.700. The molecule has 2 atom stereocenters. The Morgan fingerprint density at radius 3 is 2.51 bits per heavy atom. The Labute approximate surface area is 237 Å². The minimum Gasteiger partial charge on any atom is -0.481 e. The molecular weight excluding hydrogens is 561 g/mol. The van der Waals surface area contributed by atoms with Crippen LogP contribution in [0.25, 0.3) is 16.8 Å². The standard InChI is InChI=1S/C28H26ClF3N6O3/c1-14(2)27(26(40)41)9-7-17(12-27)24-37-21(22-23(33)35-13-19(29)38(22)24)15-3-5-16(6-4-15)25(39)36-20-11-18(8-10-34-20)28(30,31)32/h3-6,8,10-11,13-14,17H,7,9,12H2,1-2H3,(H2,33,35)(H,40,41)(H,34,36,39)/t17-,27+/m1/s1. The van der Waals surface area contributed by atoms with Crippen LogP contribution in [0.2, 0.25) is 5.15 Å². The van der Waals surface area contributed by atoms with Crippen molar-refractivity contribution in [3.8, 4) is 11.3 Å². The molecule has 1 fully saturated rings. The van der Waals surface area contributed by atoms with Gasteiger partial charge in [0.2, 0.25) is 0 Å². The van der Waals surface area contributed by atoms with Crippen molar-refractivity contribution in [2.24, 2.45) is 11.3 Å². The first-order chi connectivity index (χ1) is 19.3. The zero-order valence-electron chi connectivity index (χ0n) is 22.0. The van der Waals surface area contributed by atoms with Crippen LogP contribution in [0.4, 0.5) is 24.8 Å². The SMILES string of the molecule is CC(C)[C@]1(C(=O)O)CC[C@@H](c2nc(-c3ccc(C(=O)Nc4cc(C(F)(F)F)ccn4)cc3)c3c(N)ncc(Cl)n23)C1. The van der Waals surface area contributed by atoms with E-state index in [4.69, 9.17) is 22.3 Å². The number of nitrogens with two attached hydrogens (primary N) is 1. The molecular formula is C28H26ClF3N6O3. The van der Waals surface area contributed by atoms with Crippen molar-refractivity contribution in [2.45, 2.75) is 45.2 Å². The first kappa shape index (κ1) is 28.3. The third-order valence-electron chi connectivity index (χ3n) is 7.86. The molecule has 0 saturated heterocycles. The molecule has 1 saturated carbocycles. The zero-order valence-corrected chi connectivity index (χ0v) is 22.8. The van der Waals surface area contributed by atoms with E-state index in [9.17, 15) is 27.9 Å². The van der Waals surface area contributed by atoms with E-state index < -0.39 is 29.0 Å². The molecule has 9 nitrogen and oxygen atoms in total. The number of carbonyl (C=O) groups excluding carboxylic acids is 1. The maximum Gasteiger partial charge on any atom is 0.416 e. The average molecular weight is 587 g/mol. The van der Waals surface area contributed by atoms with Crippen LogP contribution in [0.3, 0.4) is 0 Å². The number of alkyl halides is 3. The highest BCUT2D eigenvalue weighted by Crippen LogP contribution is 2.51. The summed E-state index contributed by atoms with van der Waals surface area (Å²) in [4.78, 5) is 37.8. The molecule has 5 rings (SSSR count). The second-order valence-electron chi connectivity index (χ2n) is 10.5. The van der Waals surface area contributed by atoms with Gasteiger partial charge in [0.25, 0.3) is 5.91 Å². The van der Waals surface area contributed by atoms with Crippen LogP contribution in [-0.4, -0.2) is 36.3 Å². The van der Waals surface area contributed by atoms with Gasteiger partial charge in [-0.3, -0.25) is 14.0 Å². The summed E-state index contributed by atoms with van der Waals surface area (Å²) in [6.45, 7) is 3.81. The number of rotatable bonds is 6. The summed E-state index contributed by atoms with van der Waals surface area (Å²) in [6, 6.07) is 7.83. The molecule has 0 aliphatic heterocycles. The number of nitrogens with one attached hydrogen (secondary N) is 1. The maximum atomic E-state index is 13.0. The van der Waals surface area contributed by atoms with Gasteiger partial charge in [0, 0.05) is 23.2 Å². The van der Waals surface area contributed by atoms with E-state index in [1.165, 1.54) is 18.3 Å². The number of aromatic nitrogens is 4. The highest BCUT2D eigenvalue weighted by atomic mass is 35.5. The number of halogens is 4. The van der Waals surface area contributed by atoms with Crippen molar-refractivity contribution in [2.75, 3.05) is 11.1 Å². The molecule has 1 aromatic carbocycles. The number of fused-ring (bicyclic) bond motifs is 1. The number of amides is 1. The van der Waals surface area contributed by atoms with E-state index in [-0.39, 0.29) is 34.2 Å². The zero-order chi connectivity index (χ0) is 29.7. The Morgan fingerprint density at radius 2 is 1.90 bits per heavy atom. The van der Waals surface area contributed by atoms with Crippen LogP contribution in [-0.2, 0) is 11.0 Å². The molecule has 13 heteroatoms. The Bertz CT molecular complexity index is 1650. The van der Waals surface area contributed by atoms with Crippen LogP contribution in [0.15, 0.2) is 48.8 Å². The molecule has 41 heavy (non-hydrogen) atoms. The van der Waals surface area contributed by atoms with Gasteiger partial charge in [0.05, 0.1) is 17.2 Å². The first-order valence-corrected chi connectivity index (χ1v) is 13.2. The van der Waals surface area contributed by atoms with E-state index in [1.54, 1.807) is 16.5 Å². The Hall–Kier alpha value is -4.19. The van der Waals surface area contributed by atoms with Gasteiger partial charge < -0.3 is 16.2 Å². The van der Waals surface area contributed by atoms with Gasteiger partial charge in [-0.1, -0.05) is 37.6 Å². The largest absolute Gasteiger partial charge is 0.481 e. The predicted molar refractivity (Wildman–Crippen MR) is 147 cm³/mol. The minimum absolute atomic E-state index is 0.0808. The van der Waals surface area contributed by atoms with Gasteiger partial charge in [-0.25, -0.2) is 15.0 Å². The lowest BCUT2D eigenvalue weighted by atomic mass is 9.75. The molecule has 4 aromatic rings. The molecule has 214 valence electrons. The third-order valence-corrected chi connectivity index (χ3v) is 8.13. The first-order valence-electron chi connectivity index (χ1n) is 12.8. The van der Waals surface area contributed by atoms with Crippen molar-refractivity contribution >= 4 is 40.6 Å². The quantitative estimate of drug-likeness (QED) is 0.241. The van der Waals surface area contributed by atoms with Gasteiger partial charge in [-0.15, -0.1) is 0 Å². The molecule has 4 N–H and O–H groups in total. The number of hydrogen-bond acceptors (Lipinski definition) is 6. The molecule has 1 amide bonds. The lowest BCUT2D eigenvalue weighted by Crippen LogP contribution is -2.33. The van der Waals surface area contributed by atoms with Gasteiger partial charge in [-0.05, 0) is 49.4 Å². The van der Waals surface area contributed by atoms with Crippen LogP contribution in [0.5, 0.6) is 0 Å². The van der Waals surface area contributed by atoms with E-state index in [2.05, 4.69) is 15.3 Å². The molecule has 3 heterocycles. The van der Waals surface area contributed by atoms with Crippen molar-refractivity contribution < 1.29 is 27.9 Å². The summed E-state index contributed by atoms with van der Waals surface area (Å²) in [5.74, 6) is -1.24. The topological polar surface area (TPSA) is 135 Å². The molecule has 0 radical (unpaired) electrons. The Morgan fingerprint density at radius 1 is 1.20 bits per heavy atom. The smallest absolute Gasteiger partial charge is 0.416 e. The average Bonchev–Trinajstić information content (AvgIpc) is 3.55. The van der Waals surface area contributed by atoms with E-state index in [0.717, 1.165) is 18.3 Å². The highest BCUT2D eigenvalue weighted by molar-refractivity contribution is 6.30. The number of nitrogens with zero attached hydrogens (tertiary/aromatic N) is 4. The number of imidazole rings is 1. The molecule has 3 aromatic heterocycles.